The van der Waals surface area contributed by atoms with Gasteiger partial charge in [-0.1, -0.05) is 26.3 Å². The van der Waals surface area contributed by atoms with Crippen molar-refractivity contribution in [3.05, 3.63) is 29.4 Å². The predicted molar refractivity (Wildman–Crippen MR) is 65.3 cm³/mol. The van der Waals surface area contributed by atoms with Crippen molar-refractivity contribution < 1.29 is 1.43 Å². The van der Waals surface area contributed by atoms with Gasteiger partial charge in [-0.25, -0.2) is 9.97 Å². The van der Waals surface area contributed by atoms with E-state index in [4.69, 9.17) is 5.73 Å². The molecule has 0 spiro atoms. The van der Waals surface area contributed by atoms with E-state index in [1.54, 1.807) is 12.4 Å². The molecule has 0 aliphatic heterocycles. The smallest absolute Gasteiger partial charge is 0.133 e. The first-order valence-corrected chi connectivity index (χ1v) is 5.08. The minimum absolute atomic E-state index is 0. The second kappa shape index (κ2) is 4.01. The zero-order valence-electron chi connectivity index (χ0n) is 10.1. The van der Waals surface area contributed by atoms with E-state index in [9.17, 15) is 0 Å². The minimum Gasteiger partial charge on any atom is -0.398 e. The van der Waals surface area contributed by atoms with E-state index < -0.39 is 0 Å². The Morgan fingerprint density at radius 1 is 1.20 bits per heavy atom. The highest BCUT2D eigenvalue weighted by Crippen LogP contribution is 2.18. The van der Waals surface area contributed by atoms with Crippen LogP contribution in [0.5, 0.6) is 0 Å². The maximum atomic E-state index is 5.90. The largest absolute Gasteiger partial charge is 0.398 e. The number of hydrogen-bond donors (Lipinski definition) is 1. The van der Waals surface area contributed by atoms with Gasteiger partial charge in [0.15, 0.2) is 0 Å². The third-order valence-electron chi connectivity index (χ3n) is 2.17. The summed E-state index contributed by atoms with van der Waals surface area (Å²) in [5.41, 5.74) is 8.62. The lowest BCUT2D eigenvalue weighted by atomic mass is 9.95. The lowest BCUT2D eigenvalue weighted by Crippen LogP contribution is -2.16. The fourth-order valence-electron chi connectivity index (χ4n) is 1.14. The molecule has 0 saturated heterocycles. The van der Waals surface area contributed by atoms with E-state index >= 15 is 0 Å². The van der Waals surface area contributed by atoms with Crippen molar-refractivity contribution in [2.24, 2.45) is 5.73 Å². The van der Waals surface area contributed by atoms with Crippen LogP contribution in [-0.2, 0) is 5.41 Å². The summed E-state index contributed by atoms with van der Waals surface area (Å²) in [5.74, 6) is 0.841. The summed E-state index contributed by atoms with van der Waals surface area (Å²) in [4.78, 5) is 8.66. The van der Waals surface area contributed by atoms with Gasteiger partial charge in [0.1, 0.15) is 5.82 Å². The normalized spacial score (nSPS) is 11.3. The molecular weight excluding hydrogens is 186 g/mol. The molecule has 1 heterocycles. The van der Waals surface area contributed by atoms with E-state index in [1.165, 1.54) is 0 Å². The van der Waals surface area contributed by atoms with Crippen molar-refractivity contribution in [3.63, 3.8) is 0 Å². The average molecular weight is 207 g/mol. The van der Waals surface area contributed by atoms with Crippen LogP contribution in [-0.4, -0.2) is 9.97 Å². The monoisotopic (exact) mass is 207 g/mol. The molecule has 3 heteroatoms. The van der Waals surface area contributed by atoms with Gasteiger partial charge in [0, 0.05) is 30.5 Å². The Labute approximate surface area is 92.9 Å². The summed E-state index contributed by atoms with van der Waals surface area (Å²) in [6, 6.07) is 0. The number of allylic oxidation sites excluding steroid dienone is 1. The van der Waals surface area contributed by atoms with Crippen LogP contribution >= 0.6 is 0 Å². The fraction of sp³-hybridized carbons (Fsp3) is 0.500. The number of nitrogens with zero attached hydrogens (tertiary/aromatic N) is 2. The van der Waals surface area contributed by atoms with Gasteiger partial charge in [-0.15, -0.1) is 0 Å². The van der Waals surface area contributed by atoms with Gasteiger partial charge in [-0.2, -0.15) is 0 Å². The van der Waals surface area contributed by atoms with E-state index in [0.29, 0.717) is 0 Å². The Morgan fingerprint density at radius 3 is 2.00 bits per heavy atom. The first kappa shape index (κ1) is 11.7. The molecule has 1 aromatic heterocycles. The maximum Gasteiger partial charge on any atom is 0.133 e. The molecule has 0 aromatic carbocycles. The van der Waals surface area contributed by atoms with Crippen molar-refractivity contribution >= 4 is 5.70 Å². The topological polar surface area (TPSA) is 51.8 Å². The van der Waals surface area contributed by atoms with E-state index in [0.717, 1.165) is 22.7 Å². The Balaban J connectivity index is 0.00000225. The summed E-state index contributed by atoms with van der Waals surface area (Å²) in [7, 11) is 0. The molecule has 15 heavy (non-hydrogen) atoms. The van der Waals surface area contributed by atoms with E-state index in [2.05, 4.69) is 30.7 Å². The quantitative estimate of drug-likeness (QED) is 0.770. The summed E-state index contributed by atoms with van der Waals surface area (Å²) >= 11 is 0. The minimum atomic E-state index is -0.0156. The van der Waals surface area contributed by atoms with Crippen molar-refractivity contribution in [1.82, 2.24) is 9.97 Å². The van der Waals surface area contributed by atoms with Gasteiger partial charge < -0.3 is 5.73 Å². The van der Waals surface area contributed by atoms with Crippen LogP contribution < -0.4 is 5.73 Å². The second-order valence-corrected chi connectivity index (χ2v) is 4.96. The Morgan fingerprint density at radius 2 is 1.67 bits per heavy atom. The van der Waals surface area contributed by atoms with E-state index in [1.807, 2.05) is 13.8 Å². The standard InChI is InChI=1S/C12H19N3.H2/c1-8(2)10(13)9-6-14-11(15-7-9)12(3,4)5;/h6-7H,13H2,1-5H3;1H. The molecule has 0 saturated carbocycles. The van der Waals surface area contributed by atoms with Gasteiger partial charge in [-0.05, 0) is 13.8 Å². The van der Waals surface area contributed by atoms with Crippen LogP contribution in [0.25, 0.3) is 5.70 Å². The summed E-state index contributed by atoms with van der Waals surface area (Å²) in [6.45, 7) is 10.2. The van der Waals surface area contributed by atoms with Crippen molar-refractivity contribution in [3.8, 4) is 0 Å². The van der Waals surface area contributed by atoms with Gasteiger partial charge in [0.05, 0.1) is 0 Å². The Hall–Kier alpha value is -1.38. The number of nitrogens with two attached hydrogens (primary N) is 1. The molecule has 0 amide bonds. The Kier molecular flexibility index (Phi) is 3.12. The van der Waals surface area contributed by atoms with E-state index in [-0.39, 0.29) is 6.84 Å². The van der Waals surface area contributed by atoms with Crippen LogP contribution in [0.15, 0.2) is 18.0 Å². The number of rotatable bonds is 1. The van der Waals surface area contributed by atoms with Crippen LogP contribution in [0.4, 0.5) is 0 Å². The fourth-order valence-corrected chi connectivity index (χ4v) is 1.14. The van der Waals surface area contributed by atoms with Crippen molar-refractivity contribution in [2.75, 3.05) is 0 Å². The molecule has 2 N–H and O–H groups in total. The SMILES string of the molecule is CC(C)=C(N)c1cnc(C(C)(C)C)nc1.[HH]. The molecular formula is C12H21N3. The summed E-state index contributed by atoms with van der Waals surface area (Å²) in [5, 5.41) is 0. The first-order chi connectivity index (χ1) is 6.82. The maximum absolute atomic E-state index is 5.90. The average Bonchev–Trinajstić information content (AvgIpc) is 2.15. The lowest BCUT2D eigenvalue weighted by Gasteiger charge is -2.16. The Bertz CT molecular complexity index is 370. The summed E-state index contributed by atoms with van der Waals surface area (Å²) in [6.07, 6.45) is 3.58. The third-order valence-corrected chi connectivity index (χ3v) is 2.17. The molecule has 1 rings (SSSR count). The molecule has 0 fully saturated rings. The highest BCUT2D eigenvalue weighted by atomic mass is 14.9. The van der Waals surface area contributed by atoms with Crippen LogP contribution in [0.3, 0.4) is 0 Å². The van der Waals surface area contributed by atoms with Crippen molar-refractivity contribution in [2.45, 2.75) is 40.0 Å². The molecule has 3 nitrogen and oxygen atoms in total. The predicted octanol–water partition coefficient (Wildman–Crippen LogP) is 2.73. The van der Waals surface area contributed by atoms with Crippen LogP contribution in [0, 0.1) is 0 Å². The number of aromatic nitrogens is 2. The molecule has 0 aliphatic rings. The molecule has 84 valence electrons. The molecule has 0 bridgehead atoms. The molecule has 0 radical (unpaired) electrons. The lowest BCUT2D eigenvalue weighted by molar-refractivity contribution is 0.544. The van der Waals surface area contributed by atoms with Crippen LogP contribution in [0.1, 0.15) is 47.4 Å². The van der Waals surface area contributed by atoms with Crippen LogP contribution in [0.2, 0.25) is 0 Å². The van der Waals surface area contributed by atoms with Gasteiger partial charge in [-0.3, -0.25) is 0 Å². The third kappa shape index (κ3) is 2.78. The number of hydrogen-bond acceptors (Lipinski definition) is 3. The molecule has 0 atom stereocenters. The van der Waals surface area contributed by atoms with Gasteiger partial charge in [0.2, 0.25) is 0 Å². The first-order valence-electron chi connectivity index (χ1n) is 5.08. The van der Waals surface area contributed by atoms with Gasteiger partial charge in [0.25, 0.3) is 0 Å². The van der Waals surface area contributed by atoms with Crippen molar-refractivity contribution in [1.29, 1.82) is 0 Å². The van der Waals surface area contributed by atoms with Gasteiger partial charge >= 0.3 is 0 Å². The zero-order chi connectivity index (χ0) is 11.6. The summed E-state index contributed by atoms with van der Waals surface area (Å²) < 4.78 is 0. The zero-order valence-corrected chi connectivity index (χ0v) is 10.1. The second-order valence-electron chi connectivity index (χ2n) is 4.96. The molecule has 0 aliphatic carbocycles. The highest BCUT2D eigenvalue weighted by molar-refractivity contribution is 5.63. The molecule has 1 aromatic rings. The molecule has 0 unspecified atom stereocenters. The highest BCUT2D eigenvalue weighted by Gasteiger charge is 2.16.